The van der Waals surface area contributed by atoms with Crippen molar-refractivity contribution in [1.29, 1.82) is 0 Å². The molecule has 0 saturated carbocycles. The minimum atomic E-state index is 0.528. The van der Waals surface area contributed by atoms with Crippen molar-refractivity contribution in [2.75, 3.05) is 0 Å². The van der Waals surface area contributed by atoms with Crippen molar-refractivity contribution in [3.63, 3.8) is 0 Å². The van der Waals surface area contributed by atoms with E-state index in [2.05, 4.69) is 36.8 Å². The first-order chi connectivity index (χ1) is 8.29. The lowest BCUT2D eigenvalue weighted by molar-refractivity contribution is 0.303. The number of aromatic nitrogens is 1. The van der Waals surface area contributed by atoms with Gasteiger partial charge < -0.3 is 4.74 Å². The molecule has 2 nitrogen and oxygen atoms in total. The normalized spacial score (nSPS) is 10.2. The lowest BCUT2D eigenvalue weighted by atomic mass is 10.2. The summed E-state index contributed by atoms with van der Waals surface area (Å²) in [5.74, 6) is 0.846. The number of benzene rings is 1. The predicted octanol–water partition coefficient (Wildman–Crippen LogP) is 4.32. The van der Waals surface area contributed by atoms with E-state index < -0.39 is 0 Å². The van der Waals surface area contributed by atoms with Crippen LogP contribution in [-0.4, -0.2) is 4.98 Å². The first kappa shape index (κ1) is 12.6. The molecule has 0 N–H and O–H groups in total. The van der Waals surface area contributed by atoms with Crippen molar-refractivity contribution >= 4 is 31.9 Å². The fourth-order valence-electron chi connectivity index (χ4n) is 1.39. The molecule has 0 saturated heterocycles. The molecule has 0 bridgehead atoms. The Morgan fingerprint density at radius 2 is 2.06 bits per heavy atom. The Labute approximate surface area is 117 Å². The van der Waals surface area contributed by atoms with E-state index in [1.165, 1.54) is 5.56 Å². The first-order valence-electron chi connectivity index (χ1n) is 5.15. The Balaban J connectivity index is 2.04. The van der Waals surface area contributed by atoms with E-state index in [-0.39, 0.29) is 0 Å². The van der Waals surface area contributed by atoms with Gasteiger partial charge in [0.1, 0.15) is 12.4 Å². The van der Waals surface area contributed by atoms with Gasteiger partial charge in [0.25, 0.3) is 0 Å². The van der Waals surface area contributed by atoms with Crippen molar-refractivity contribution in [1.82, 2.24) is 4.98 Å². The van der Waals surface area contributed by atoms with Crippen LogP contribution < -0.4 is 4.74 Å². The lowest BCUT2D eigenvalue weighted by Gasteiger charge is -2.08. The van der Waals surface area contributed by atoms with Crippen LogP contribution in [0.25, 0.3) is 0 Å². The summed E-state index contributed by atoms with van der Waals surface area (Å²) in [4.78, 5) is 4.05. The van der Waals surface area contributed by atoms with Crippen LogP contribution in [0.2, 0.25) is 0 Å². The Kier molecular flexibility index (Phi) is 4.57. The van der Waals surface area contributed by atoms with Crippen LogP contribution in [0.4, 0.5) is 0 Å². The molecule has 1 aromatic carbocycles. The Morgan fingerprint density at radius 1 is 1.18 bits per heavy atom. The van der Waals surface area contributed by atoms with E-state index in [1.807, 2.05) is 30.3 Å². The molecule has 4 heteroatoms. The molecule has 0 aliphatic heterocycles. The fraction of sp³-hybridized carbons (Fsp3) is 0.154. The number of alkyl halides is 1. The lowest BCUT2D eigenvalue weighted by Crippen LogP contribution is -1.96. The van der Waals surface area contributed by atoms with Gasteiger partial charge >= 0.3 is 0 Å². The summed E-state index contributed by atoms with van der Waals surface area (Å²) in [6.07, 6.45) is 3.56. The fourth-order valence-corrected chi connectivity index (χ4v) is 2.28. The summed E-state index contributed by atoms with van der Waals surface area (Å²) in [5.41, 5.74) is 2.27. The van der Waals surface area contributed by atoms with Crippen LogP contribution in [0.15, 0.2) is 47.2 Å². The molecule has 0 aliphatic carbocycles. The monoisotopic (exact) mass is 355 g/mol. The quantitative estimate of drug-likeness (QED) is 0.761. The third-order valence-electron chi connectivity index (χ3n) is 2.27. The zero-order valence-electron chi connectivity index (χ0n) is 9.07. The second-order valence-electron chi connectivity index (χ2n) is 3.55. The number of nitrogens with zero attached hydrogens (tertiary/aromatic N) is 1. The van der Waals surface area contributed by atoms with Gasteiger partial charge in [-0.05, 0) is 39.7 Å². The molecule has 0 fully saturated rings. The van der Waals surface area contributed by atoms with Crippen LogP contribution in [0.1, 0.15) is 11.1 Å². The molecule has 0 radical (unpaired) electrons. The molecule has 2 aromatic rings. The topological polar surface area (TPSA) is 22.1 Å². The third kappa shape index (κ3) is 3.54. The zero-order chi connectivity index (χ0) is 12.1. The highest BCUT2D eigenvalue weighted by molar-refractivity contribution is 9.10. The molecule has 0 spiro atoms. The Hall–Kier alpha value is -0.870. The summed E-state index contributed by atoms with van der Waals surface area (Å²) in [7, 11) is 0. The summed E-state index contributed by atoms with van der Waals surface area (Å²) in [6.45, 7) is 0.528. The molecule has 0 unspecified atom stereocenters. The summed E-state index contributed by atoms with van der Waals surface area (Å²) in [5, 5.41) is 0.842. The van der Waals surface area contributed by atoms with Crippen molar-refractivity contribution < 1.29 is 4.74 Å². The van der Waals surface area contributed by atoms with Gasteiger partial charge in [-0.25, -0.2) is 0 Å². The molecule has 88 valence electrons. The average molecular weight is 357 g/mol. The first-order valence-corrected chi connectivity index (χ1v) is 7.07. The molecule has 2 rings (SSSR count). The smallest absolute Gasteiger partial charge is 0.134 e. The number of hydrogen-bond acceptors (Lipinski definition) is 2. The van der Waals surface area contributed by atoms with E-state index >= 15 is 0 Å². The molecule has 0 atom stereocenters. The molecular formula is C13H11Br2NO. The van der Waals surface area contributed by atoms with E-state index in [9.17, 15) is 0 Å². The van der Waals surface area contributed by atoms with E-state index in [0.29, 0.717) is 6.61 Å². The summed E-state index contributed by atoms with van der Waals surface area (Å²) < 4.78 is 6.69. The van der Waals surface area contributed by atoms with Gasteiger partial charge in [-0.2, -0.15) is 0 Å². The van der Waals surface area contributed by atoms with Crippen LogP contribution in [0.5, 0.6) is 5.75 Å². The predicted molar refractivity (Wildman–Crippen MR) is 75.3 cm³/mol. The second kappa shape index (κ2) is 6.17. The maximum Gasteiger partial charge on any atom is 0.134 e. The van der Waals surface area contributed by atoms with Gasteiger partial charge in [0.2, 0.25) is 0 Å². The highest BCUT2D eigenvalue weighted by Crippen LogP contribution is 2.27. The SMILES string of the molecule is BrCc1ccc(OCc2cccnc2)c(Br)c1. The maximum absolute atomic E-state index is 5.72. The molecule has 0 aliphatic rings. The van der Waals surface area contributed by atoms with E-state index in [0.717, 1.165) is 21.1 Å². The molecule has 1 aromatic heterocycles. The van der Waals surface area contributed by atoms with Crippen LogP contribution in [0.3, 0.4) is 0 Å². The van der Waals surface area contributed by atoms with Gasteiger partial charge in [-0.3, -0.25) is 4.98 Å². The van der Waals surface area contributed by atoms with Crippen molar-refractivity contribution in [3.05, 3.63) is 58.3 Å². The van der Waals surface area contributed by atoms with E-state index in [4.69, 9.17) is 4.74 Å². The van der Waals surface area contributed by atoms with Crippen LogP contribution >= 0.6 is 31.9 Å². The second-order valence-corrected chi connectivity index (χ2v) is 4.96. The van der Waals surface area contributed by atoms with Gasteiger partial charge in [-0.1, -0.05) is 28.1 Å². The van der Waals surface area contributed by atoms with Crippen LogP contribution in [0, 0.1) is 0 Å². The van der Waals surface area contributed by atoms with E-state index in [1.54, 1.807) is 12.4 Å². The van der Waals surface area contributed by atoms with Crippen molar-refractivity contribution in [3.8, 4) is 5.75 Å². The highest BCUT2D eigenvalue weighted by Gasteiger charge is 2.02. The standard InChI is InChI=1S/C13H11Br2NO/c14-7-10-3-4-13(12(15)6-10)17-9-11-2-1-5-16-8-11/h1-6,8H,7,9H2. The third-order valence-corrected chi connectivity index (χ3v) is 3.53. The van der Waals surface area contributed by atoms with Crippen molar-refractivity contribution in [2.24, 2.45) is 0 Å². The molecule has 17 heavy (non-hydrogen) atoms. The number of rotatable bonds is 4. The minimum absolute atomic E-state index is 0.528. The maximum atomic E-state index is 5.72. The highest BCUT2D eigenvalue weighted by atomic mass is 79.9. The largest absolute Gasteiger partial charge is 0.488 e. The number of pyridine rings is 1. The molecular weight excluding hydrogens is 346 g/mol. The molecule has 0 amide bonds. The Morgan fingerprint density at radius 3 is 2.71 bits per heavy atom. The number of halogens is 2. The minimum Gasteiger partial charge on any atom is -0.488 e. The molecule has 1 heterocycles. The summed E-state index contributed by atoms with van der Waals surface area (Å²) >= 11 is 6.92. The zero-order valence-corrected chi connectivity index (χ0v) is 12.2. The van der Waals surface area contributed by atoms with Gasteiger partial charge in [0, 0.05) is 23.3 Å². The van der Waals surface area contributed by atoms with Gasteiger partial charge in [0.15, 0.2) is 0 Å². The Bertz CT molecular complexity index is 488. The average Bonchev–Trinajstić information content (AvgIpc) is 2.38. The number of ether oxygens (including phenoxy) is 1. The summed E-state index contributed by atoms with van der Waals surface area (Å²) in [6, 6.07) is 9.96. The van der Waals surface area contributed by atoms with Crippen molar-refractivity contribution in [2.45, 2.75) is 11.9 Å². The van der Waals surface area contributed by atoms with Crippen LogP contribution in [-0.2, 0) is 11.9 Å². The number of hydrogen-bond donors (Lipinski definition) is 0. The van der Waals surface area contributed by atoms with Gasteiger partial charge in [0.05, 0.1) is 4.47 Å². The van der Waals surface area contributed by atoms with Gasteiger partial charge in [-0.15, -0.1) is 0 Å².